The third-order valence-corrected chi connectivity index (χ3v) is 3.77. The number of methoxy groups -OCH3 is 2. The summed E-state index contributed by atoms with van der Waals surface area (Å²) in [5, 5.41) is 0. The lowest BCUT2D eigenvalue weighted by molar-refractivity contribution is -0.165. The molecule has 0 N–H and O–H groups in total. The summed E-state index contributed by atoms with van der Waals surface area (Å²) in [6.07, 6.45) is 0. The van der Waals surface area contributed by atoms with Crippen LogP contribution in [0.25, 0.3) is 0 Å². The molecule has 0 aromatic carbocycles. The first kappa shape index (κ1) is 14.6. The second-order valence-corrected chi connectivity index (χ2v) is 4.55. The van der Waals surface area contributed by atoms with E-state index in [9.17, 15) is 14.4 Å². The Kier molecular flexibility index (Phi) is 4.45. The van der Waals surface area contributed by atoms with Gasteiger partial charge in [-0.1, -0.05) is 0 Å². The molecule has 1 fully saturated rings. The van der Waals surface area contributed by atoms with Crippen LogP contribution in [-0.4, -0.2) is 56.0 Å². The van der Waals surface area contributed by atoms with Crippen LogP contribution in [0.3, 0.4) is 0 Å². The van der Waals surface area contributed by atoms with Gasteiger partial charge in [-0.05, 0) is 20.9 Å². The van der Waals surface area contributed by atoms with E-state index in [2.05, 4.69) is 9.47 Å². The molecule has 4 atom stereocenters. The van der Waals surface area contributed by atoms with Gasteiger partial charge in [0.1, 0.15) is 11.8 Å². The maximum atomic E-state index is 12.3. The van der Waals surface area contributed by atoms with Crippen LogP contribution in [0.2, 0.25) is 0 Å². The number of ketones is 1. The minimum Gasteiger partial charge on any atom is -0.468 e. The number of piperidine rings is 1. The second kappa shape index (κ2) is 5.48. The highest BCUT2D eigenvalue weighted by Gasteiger charge is 2.50. The van der Waals surface area contributed by atoms with Gasteiger partial charge in [0.2, 0.25) is 0 Å². The summed E-state index contributed by atoms with van der Waals surface area (Å²) in [7, 11) is 4.23. The molecule has 6 heteroatoms. The fourth-order valence-corrected chi connectivity index (χ4v) is 2.39. The fraction of sp³-hybridized carbons (Fsp3) is 0.750. The SMILES string of the molecule is COC(=O)C1C(=O)C(C(=O)OC)C(C)N(C)C1C. The van der Waals surface area contributed by atoms with Crippen molar-refractivity contribution in [1.82, 2.24) is 4.90 Å². The highest BCUT2D eigenvalue weighted by molar-refractivity contribution is 6.10. The molecule has 1 rings (SSSR count). The Balaban J connectivity index is 3.12. The maximum Gasteiger partial charge on any atom is 0.317 e. The van der Waals surface area contributed by atoms with Gasteiger partial charge in [-0.3, -0.25) is 19.3 Å². The van der Waals surface area contributed by atoms with Crippen LogP contribution >= 0.6 is 0 Å². The molecule has 1 aliphatic rings. The minimum atomic E-state index is -0.944. The molecular weight excluding hydrogens is 238 g/mol. The van der Waals surface area contributed by atoms with Crippen LogP contribution < -0.4 is 0 Å². The number of nitrogens with zero attached hydrogens (tertiary/aromatic N) is 1. The second-order valence-electron chi connectivity index (χ2n) is 4.55. The smallest absolute Gasteiger partial charge is 0.317 e. The maximum absolute atomic E-state index is 12.3. The summed E-state index contributed by atoms with van der Waals surface area (Å²) in [5.74, 6) is -3.53. The van der Waals surface area contributed by atoms with Gasteiger partial charge in [-0.2, -0.15) is 0 Å². The molecule has 102 valence electrons. The highest BCUT2D eigenvalue weighted by Crippen LogP contribution is 2.30. The van der Waals surface area contributed by atoms with E-state index in [1.807, 2.05) is 4.90 Å². The van der Waals surface area contributed by atoms with Crippen molar-refractivity contribution in [2.75, 3.05) is 21.3 Å². The van der Waals surface area contributed by atoms with Crippen molar-refractivity contribution >= 4 is 17.7 Å². The van der Waals surface area contributed by atoms with Crippen molar-refractivity contribution in [2.24, 2.45) is 11.8 Å². The van der Waals surface area contributed by atoms with E-state index in [0.717, 1.165) is 0 Å². The lowest BCUT2D eigenvalue weighted by Crippen LogP contribution is -2.60. The number of rotatable bonds is 2. The van der Waals surface area contributed by atoms with Gasteiger partial charge in [0.15, 0.2) is 5.78 Å². The molecule has 0 bridgehead atoms. The van der Waals surface area contributed by atoms with Crippen molar-refractivity contribution < 1.29 is 23.9 Å². The summed E-state index contributed by atoms with van der Waals surface area (Å²) < 4.78 is 9.27. The summed E-state index contributed by atoms with van der Waals surface area (Å²) in [5.41, 5.74) is 0. The number of hydrogen-bond donors (Lipinski definition) is 0. The van der Waals surface area contributed by atoms with Crippen molar-refractivity contribution in [3.05, 3.63) is 0 Å². The van der Waals surface area contributed by atoms with Gasteiger partial charge in [-0.25, -0.2) is 0 Å². The van der Waals surface area contributed by atoms with Gasteiger partial charge >= 0.3 is 11.9 Å². The molecule has 0 aromatic rings. The number of ether oxygens (including phenoxy) is 2. The minimum absolute atomic E-state index is 0.305. The molecule has 0 aromatic heterocycles. The van der Waals surface area contributed by atoms with Crippen LogP contribution in [-0.2, 0) is 23.9 Å². The van der Waals surface area contributed by atoms with Crippen LogP contribution in [0, 0.1) is 11.8 Å². The standard InChI is InChI=1S/C12H19NO5/c1-6-8(11(15)17-4)10(14)9(12(16)18-5)7(2)13(6)3/h6-9H,1-5H3. The Morgan fingerprint density at radius 3 is 1.61 bits per heavy atom. The molecule has 0 radical (unpaired) electrons. The summed E-state index contributed by atoms with van der Waals surface area (Å²) in [6, 6.07) is -0.610. The summed E-state index contributed by atoms with van der Waals surface area (Å²) in [6.45, 7) is 3.53. The van der Waals surface area contributed by atoms with Gasteiger partial charge in [0, 0.05) is 12.1 Å². The molecule has 4 unspecified atom stereocenters. The summed E-state index contributed by atoms with van der Waals surface area (Å²) in [4.78, 5) is 37.4. The Morgan fingerprint density at radius 2 is 1.33 bits per heavy atom. The average Bonchev–Trinajstić information content (AvgIpc) is 2.35. The van der Waals surface area contributed by atoms with E-state index in [0.29, 0.717) is 0 Å². The van der Waals surface area contributed by atoms with E-state index in [1.54, 1.807) is 20.9 Å². The van der Waals surface area contributed by atoms with Crippen LogP contribution in [0.1, 0.15) is 13.8 Å². The number of likely N-dealkylation sites (tertiary alicyclic amines) is 1. The molecule has 0 amide bonds. The fourth-order valence-electron chi connectivity index (χ4n) is 2.39. The monoisotopic (exact) mass is 257 g/mol. The third kappa shape index (κ3) is 2.25. The van der Waals surface area contributed by atoms with E-state index in [1.165, 1.54) is 14.2 Å². The molecule has 0 saturated carbocycles. The first-order valence-corrected chi connectivity index (χ1v) is 5.78. The molecule has 1 heterocycles. The average molecular weight is 257 g/mol. The van der Waals surface area contributed by atoms with Crippen LogP contribution in [0.4, 0.5) is 0 Å². The zero-order valence-corrected chi connectivity index (χ0v) is 11.3. The predicted octanol–water partition coefficient (Wildman–Crippen LogP) is -0.144. The van der Waals surface area contributed by atoms with Crippen LogP contribution in [0.15, 0.2) is 0 Å². The van der Waals surface area contributed by atoms with Crippen molar-refractivity contribution in [2.45, 2.75) is 25.9 Å². The topological polar surface area (TPSA) is 72.9 Å². The number of hydrogen-bond acceptors (Lipinski definition) is 6. The molecule has 1 aliphatic heterocycles. The van der Waals surface area contributed by atoms with Crippen molar-refractivity contribution in [1.29, 1.82) is 0 Å². The Hall–Kier alpha value is -1.43. The Bertz CT molecular complexity index is 335. The third-order valence-electron chi connectivity index (χ3n) is 3.77. The van der Waals surface area contributed by atoms with Gasteiger partial charge in [0.25, 0.3) is 0 Å². The lowest BCUT2D eigenvalue weighted by Gasteiger charge is -2.42. The first-order valence-electron chi connectivity index (χ1n) is 5.78. The summed E-state index contributed by atoms with van der Waals surface area (Å²) >= 11 is 0. The normalized spacial score (nSPS) is 33.1. The molecule has 1 saturated heterocycles. The van der Waals surface area contributed by atoms with E-state index in [4.69, 9.17) is 0 Å². The van der Waals surface area contributed by atoms with E-state index in [-0.39, 0.29) is 12.1 Å². The number of Topliss-reactive ketones (excluding diaryl/α,β-unsaturated/α-hetero) is 1. The molecule has 0 spiro atoms. The number of esters is 2. The Morgan fingerprint density at radius 1 is 1.00 bits per heavy atom. The zero-order chi connectivity index (χ0) is 14.0. The van der Waals surface area contributed by atoms with Crippen molar-refractivity contribution in [3.8, 4) is 0 Å². The zero-order valence-electron chi connectivity index (χ0n) is 11.3. The Labute approximate surface area is 106 Å². The molecule has 0 aliphatic carbocycles. The molecule has 6 nitrogen and oxygen atoms in total. The van der Waals surface area contributed by atoms with Gasteiger partial charge in [-0.15, -0.1) is 0 Å². The molecule has 18 heavy (non-hydrogen) atoms. The van der Waals surface area contributed by atoms with Crippen molar-refractivity contribution in [3.63, 3.8) is 0 Å². The number of carbonyl (C=O) groups is 3. The molecular formula is C12H19NO5. The van der Waals surface area contributed by atoms with Gasteiger partial charge in [0.05, 0.1) is 14.2 Å². The van der Waals surface area contributed by atoms with Gasteiger partial charge < -0.3 is 9.47 Å². The van der Waals surface area contributed by atoms with Crippen LogP contribution in [0.5, 0.6) is 0 Å². The predicted molar refractivity (Wildman–Crippen MR) is 62.7 cm³/mol. The highest BCUT2D eigenvalue weighted by atomic mass is 16.5. The van der Waals surface area contributed by atoms with E-state index >= 15 is 0 Å². The lowest BCUT2D eigenvalue weighted by atomic mass is 9.78. The largest absolute Gasteiger partial charge is 0.468 e. The first-order chi connectivity index (χ1) is 8.36. The number of carbonyl (C=O) groups excluding carboxylic acids is 3. The quantitative estimate of drug-likeness (QED) is 0.506. The van der Waals surface area contributed by atoms with E-state index < -0.39 is 29.6 Å².